The standard InChI is InChI=1S/C17H26FN3OS.HI/c1-3-23(22)16-9-5-8-15(11-16)21-17(19-2)20-12-13-6-4-7-14(18)10-13;/h4,6-7,10,15-16H,3,5,8-9,11-12H2,1-2H3,(H2,19,20,21);1H. The SMILES string of the molecule is CCS(=O)C1CCCC(NC(=NC)NCc2cccc(F)c2)C1.I. The van der Waals surface area contributed by atoms with Crippen LogP contribution in [0.3, 0.4) is 0 Å². The smallest absolute Gasteiger partial charge is 0.191 e. The molecule has 1 aromatic carbocycles. The largest absolute Gasteiger partial charge is 0.354 e. The molecule has 0 amide bonds. The van der Waals surface area contributed by atoms with Crippen LogP contribution in [0.5, 0.6) is 0 Å². The lowest BCUT2D eigenvalue weighted by Crippen LogP contribution is -2.46. The van der Waals surface area contributed by atoms with E-state index in [-0.39, 0.29) is 35.0 Å². The summed E-state index contributed by atoms with van der Waals surface area (Å²) in [7, 11) is 0.999. The Morgan fingerprint density at radius 3 is 2.88 bits per heavy atom. The lowest BCUT2D eigenvalue weighted by atomic mass is 9.95. The van der Waals surface area contributed by atoms with Crippen LogP contribution in [0, 0.1) is 5.82 Å². The molecule has 3 unspecified atom stereocenters. The fourth-order valence-corrected chi connectivity index (χ4v) is 4.32. The summed E-state index contributed by atoms with van der Waals surface area (Å²) in [5, 5.41) is 6.91. The number of guanidine groups is 1. The fourth-order valence-electron chi connectivity index (χ4n) is 2.97. The number of hydrogen-bond donors (Lipinski definition) is 2. The number of halogens is 2. The van der Waals surface area contributed by atoms with Gasteiger partial charge in [0.2, 0.25) is 0 Å². The second-order valence-corrected chi connectivity index (χ2v) is 7.86. The van der Waals surface area contributed by atoms with Crippen molar-refractivity contribution in [3.05, 3.63) is 35.6 Å². The molecule has 0 aromatic heterocycles. The molecule has 2 rings (SSSR count). The molecule has 0 bridgehead atoms. The highest BCUT2D eigenvalue weighted by Gasteiger charge is 2.25. The van der Waals surface area contributed by atoms with Crippen molar-refractivity contribution < 1.29 is 8.60 Å². The van der Waals surface area contributed by atoms with Gasteiger partial charge in [0, 0.05) is 41.4 Å². The Bertz CT molecular complexity index is 571. The Labute approximate surface area is 163 Å². The lowest BCUT2D eigenvalue weighted by Gasteiger charge is -2.30. The molecular weight excluding hydrogens is 440 g/mol. The van der Waals surface area contributed by atoms with E-state index in [1.165, 1.54) is 12.1 Å². The van der Waals surface area contributed by atoms with Gasteiger partial charge in [0.1, 0.15) is 5.82 Å². The molecule has 136 valence electrons. The van der Waals surface area contributed by atoms with Crippen molar-refractivity contribution in [2.75, 3.05) is 12.8 Å². The van der Waals surface area contributed by atoms with Crippen LogP contribution in [0.25, 0.3) is 0 Å². The molecule has 0 saturated heterocycles. The number of nitrogens with one attached hydrogen (secondary N) is 2. The maximum Gasteiger partial charge on any atom is 0.191 e. The molecular formula is C17H27FIN3OS. The summed E-state index contributed by atoms with van der Waals surface area (Å²) >= 11 is 0. The van der Waals surface area contributed by atoms with Crippen molar-refractivity contribution in [2.45, 2.75) is 50.4 Å². The minimum Gasteiger partial charge on any atom is -0.354 e. The van der Waals surface area contributed by atoms with Gasteiger partial charge in [-0.3, -0.25) is 9.20 Å². The molecule has 2 N–H and O–H groups in total. The van der Waals surface area contributed by atoms with Gasteiger partial charge >= 0.3 is 0 Å². The molecule has 7 heteroatoms. The van der Waals surface area contributed by atoms with E-state index in [1.807, 2.05) is 13.0 Å². The molecule has 0 radical (unpaired) electrons. The van der Waals surface area contributed by atoms with Crippen LogP contribution < -0.4 is 10.6 Å². The maximum absolute atomic E-state index is 13.2. The second-order valence-electron chi connectivity index (χ2n) is 5.85. The van der Waals surface area contributed by atoms with E-state index in [0.717, 1.165) is 37.0 Å². The minimum atomic E-state index is -0.729. The summed E-state index contributed by atoms with van der Waals surface area (Å²) < 4.78 is 25.2. The average molecular weight is 467 g/mol. The molecule has 4 nitrogen and oxygen atoms in total. The van der Waals surface area contributed by atoms with Crippen molar-refractivity contribution in [2.24, 2.45) is 4.99 Å². The van der Waals surface area contributed by atoms with Crippen LogP contribution in [0.2, 0.25) is 0 Å². The summed E-state index contributed by atoms with van der Waals surface area (Å²) in [5.74, 6) is 1.20. The van der Waals surface area contributed by atoms with Gasteiger partial charge in [-0.15, -0.1) is 24.0 Å². The van der Waals surface area contributed by atoms with Gasteiger partial charge in [0.15, 0.2) is 5.96 Å². The van der Waals surface area contributed by atoms with Crippen LogP contribution in [0.4, 0.5) is 4.39 Å². The van der Waals surface area contributed by atoms with E-state index < -0.39 is 10.8 Å². The number of benzene rings is 1. The first kappa shape index (κ1) is 21.3. The van der Waals surface area contributed by atoms with E-state index >= 15 is 0 Å². The molecule has 24 heavy (non-hydrogen) atoms. The lowest BCUT2D eigenvalue weighted by molar-refractivity contribution is 0.413. The Kier molecular flexibility index (Phi) is 9.80. The van der Waals surface area contributed by atoms with Gasteiger partial charge in [-0.25, -0.2) is 4.39 Å². The Balaban J connectivity index is 0.00000288. The molecule has 1 aliphatic carbocycles. The van der Waals surface area contributed by atoms with E-state index in [0.29, 0.717) is 18.5 Å². The normalized spacial score (nSPS) is 22.4. The summed E-state index contributed by atoms with van der Waals surface area (Å²) in [6.45, 7) is 2.50. The molecule has 0 heterocycles. The van der Waals surface area contributed by atoms with Crippen molar-refractivity contribution >= 4 is 40.7 Å². The summed E-state index contributed by atoms with van der Waals surface area (Å²) in [6.07, 6.45) is 4.13. The summed E-state index contributed by atoms with van der Waals surface area (Å²) in [5.41, 5.74) is 0.876. The zero-order chi connectivity index (χ0) is 16.7. The highest BCUT2D eigenvalue weighted by molar-refractivity contribution is 14.0. The van der Waals surface area contributed by atoms with Gasteiger partial charge in [0.05, 0.1) is 0 Å². The Morgan fingerprint density at radius 1 is 1.42 bits per heavy atom. The van der Waals surface area contributed by atoms with Crippen LogP contribution >= 0.6 is 24.0 Å². The van der Waals surface area contributed by atoms with Crippen molar-refractivity contribution in [1.29, 1.82) is 0 Å². The van der Waals surface area contributed by atoms with Crippen LogP contribution in [-0.4, -0.2) is 34.3 Å². The molecule has 1 saturated carbocycles. The van der Waals surface area contributed by atoms with Crippen LogP contribution in [-0.2, 0) is 17.3 Å². The van der Waals surface area contributed by atoms with Gasteiger partial charge < -0.3 is 10.6 Å². The zero-order valence-corrected chi connectivity index (χ0v) is 17.4. The summed E-state index contributed by atoms with van der Waals surface area (Å²) in [4.78, 5) is 4.23. The number of aliphatic imine (C=N–C) groups is 1. The van der Waals surface area contributed by atoms with Crippen LogP contribution in [0.1, 0.15) is 38.2 Å². The van der Waals surface area contributed by atoms with Crippen molar-refractivity contribution in [1.82, 2.24) is 10.6 Å². The maximum atomic E-state index is 13.2. The van der Waals surface area contributed by atoms with E-state index in [2.05, 4.69) is 15.6 Å². The third-order valence-corrected chi connectivity index (χ3v) is 5.94. The van der Waals surface area contributed by atoms with E-state index in [4.69, 9.17) is 0 Å². The molecule has 1 aromatic rings. The van der Waals surface area contributed by atoms with Crippen LogP contribution in [0.15, 0.2) is 29.3 Å². The highest BCUT2D eigenvalue weighted by Crippen LogP contribution is 2.22. The van der Waals surface area contributed by atoms with Gasteiger partial charge in [0.25, 0.3) is 0 Å². The van der Waals surface area contributed by atoms with Gasteiger partial charge in [-0.1, -0.05) is 25.5 Å². The molecule has 3 atom stereocenters. The van der Waals surface area contributed by atoms with Crippen molar-refractivity contribution in [3.8, 4) is 0 Å². The minimum absolute atomic E-state index is 0. The predicted molar refractivity (Wildman–Crippen MR) is 110 cm³/mol. The number of hydrogen-bond acceptors (Lipinski definition) is 2. The third kappa shape index (κ3) is 6.66. The number of rotatable bonds is 5. The first-order valence-electron chi connectivity index (χ1n) is 8.21. The fraction of sp³-hybridized carbons (Fsp3) is 0.588. The van der Waals surface area contributed by atoms with Crippen molar-refractivity contribution in [3.63, 3.8) is 0 Å². The first-order chi connectivity index (χ1) is 11.1. The zero-order valence-electron chi connectivity index (χ0n) is 14.3. The molecule has 0 spiro atoms. The van der Waals surface area contributed by atoms with E-state index in [1.54, 1.807) is 13.1 Å². The average Bonchev–Trinajstić information content (AvgIpc) is 2.58. The topological polar surface area (TPSA) is 53.5 Å². The Morgan fingerprint density at radius 2 is 2.21 bits per heavy atom. The monoisotopic (exact) mass is 467 g/mol. The Hall–Kier alpha value is -0.700. The quantitative estimate of drug-likeness (QED) is 0.398. The first-order valence-corrected chi connectivity index (χ1v) is 9.59. The van der Waals surface area contributed by atoms with Gasteiger partial charge in [-0.2, -0.15) is 0 Å². The van der Waals surface area contributed by atoms with E-state index in [9.17, 15) is 8.60 Å². The number of nitrogens with zero attached hydrogens (tertiary/aromatic N) is 1. The molecule has 1 aliphatic rings. The predicted octanol–water partition coefficient (Wildman–Crippen LogP) is 3.19. The molecule has 1 fully saturated rings. The third-order valence-electron chi connectivity index (χ3n) is 4.20. The van der Waals surface area contributed by atoms with Gasteiger partial charge in [-0.05, 0) is 37.0 Å². The summed E-state index contributed by atoms with van der Waals surface area (Å²) in [6, 6.07) is 6.83. The molecule has 0 aliphatic heterocycles. The second kappa shape index (κ2) is 11.0. The highest BCUT2D eigenvalue weighted by atomic mass is 127.